The zero-order chi connectivity index (χ0) is 11.9. The first-order valence-corrected chi connectivity index (χ1v) is 7.13. The van der Waals surface area contributed by atoms with E-state index in [1.54, 1.807) is 12.1 Å². The summed E-state index contributed by atoms with van der Waals surface area (Å²) in [6.07, 6.45) is 2.91. The maximum absolute atomic E-state index is 12.0. The number of carbonyl (C=O) groups is 1. The van der Waals surface area contributed by atoms with Gasteiger partial charge in [0.05, 0.1) is 4.90 Å². The van der Waals surface area contributed by atoms with Crippen LogP contribution in [0.5, 0.6) is 0 Å². The fourth-order valence-electron chi connectivity index (χ4n) is 1.73. The first-order valence-electron chi connectivity index (χ1n) is 5.24. The van der Waals surface area contributed by atoms with E-state index in [9.17, 15) is 13.2 Å². The minimum Gasteiger partial charge on any atom is -0.294 e. The molecule has 16 heavy (non-hydrogen) atoms. The van der Waals surface area contributed by atoms with Crippen molar-refractivity contribution >= 4 is 15.6 Å². The molecule has 2 rings (SSSR count). The standard InChI is InChI=1S/C12H14O3S/c1-8-3-6-11(16(2,14)15)10(7-8)12(13)9-4-5-9/h3,6-7,9H,4-5H2,1-2H3. The van der Waals surface area contributed by atoms with Crippen LogP contribution < -0.4 is 0 Å². The normalized spacial score (nSPS) is 16.1. The lowest BCUT2D eigenvalue weighted by Crippen LogP contribution is -2.10. The number of sulfone groups is 1. The molecule has 0 bridgehead atoms. The molecular weight excluding hydrogens is 224 g/mol. The van der Waals surface area contributed by atoms with Gasteiger partial charge in [-0.3, -0.25) is 4.79 Å². The molecule has 1 aromatic rings. The van der Waals surface area contributed by atoms with Gasteiger partial charge in [-0.15, -0.1) is 0 Å². The molecule has 0 amide bonds. The minimum atomic E-state index is -3.32. The quantitative estimate of drug-likeness (QED) is 0.757. The number of benzene rings is 1. The summed E-state index contributed by atoms with van der Waals surface area (Å²) in [5.41, 5.74) is 1.28. The van der Waals surface area contributed by atoms with Gasteiger partial charge in [0.25, 0.3) is 0 Å². The molecule has 1 fully saturated rings. The summed E-state index contributed by atoms with van der Waals surface area (Å²) >= 11 is 0. The van der Waals surface area contributed by atoms with Gasteiger partial charge in [-0.2, -0.15) is 0 Å². The van der Waals surface area contributed by atoms with Crippen molar-refractivity contribution < 1.29 is 13.2 Å². The fourth-order valence-corrected chi connectivity index (χ4v) is 2.60. The molecule has 0 aromatic heterocycles. The Balaban J connectivity index is 2.56. The molecule has 0 spiro atoms. The largest absolute Gasteiger partial charge is 0.294 e. The van der Waals surface area contributed by atoms with E-state index < -0.39 is 9.84 Å². The molecule has 1 saturated carbocycles. The highest BCUT2D eigenvalue weighted by Crippen LogP contribution is 2.34. The van der Waals surface area contributed by atoms with E-state index in [0.29, 0.717) is 5.56 Å². The molecular formula is C12H14O3S. The SMILES string of the molecule is Cc1ccc(S(C)(=O)=O)c(C(=O)C2CC2)c1. The van der Waals surface area contributed by atoms with Crippen LogP contribution in [0.4, 0.5) is 0 Å². The minimum absolute atomic E-state index is 0.0240. The highest BCUT2D eigenvalue weighted by atomic mass is 32.2. The maximum atomic E-state index is 12.0. The van der Waals surface area contributed by atoms with Gasteiger partial charge in [-0.05, 0) is 31.9 Å². The van der Waals surface area contributed by atoms with Crippen molar-refractivity contribution in [2.45, 2.75) is 24.7 Å². The number of hydrogen-bond donors (Lipinski definition) is 0. The van der Waals surface area contributed by atoms with Gasteiger partial charge in [0.2, 0.25) is 0 Å². The number of carbonyl (C=O) groups excluding carboxylic acids is 1. The van der Waals surface area contributed by atoms with Crippen LogP contribution in [0.25, 0.3) is 0 Å². The van der Waals surface area contributed by atoms with E-state index in [-0.39, 0.29) is 16.6 Å². The third-order valence-corrected chi connectivity index (χ3v) is 3.90. The van der Waals surface area contributed by atoms with Crippen LogP contribution >= 0.6 is 0 Å². The molecule has 0 saturated heterocycles. The van der Waals surface area contributed by atoms with Crippen LogP contribution in [-0.2, 0) is 9.84 Å². The van der Waals surface area contributed by atoms with Crippen molar-refractivity contribution in [3.05, 3.63) is 29.3 Å². The third-order valence-electron chi connectivity index (χ3n) is 2.75. The van der Waals surface area contributed by atoms with Crippen molar-refractivity contribution in [2.24, 2.45) is 5.92 Å². The molecule has 86 valence electrons. The smallest absolute Gasteiger partial charge is 0.176 e. The van der Waals surface area contributed by atoms with Gasteiger partial charge in [-0.1, -0.05) is 11.6 Å². The first kappa shape index (κ1) is 11.3. The van der Waals surface area contributed by atoms with Crippen LogP contribution in [-0.4, -0.2) is 20.5 Å². The van der Waals surface area contributed by atoms with Crippen LogP contribution in [0, 0.1) is 12.8 Å². The Bertz CT molecular complexity index is 539. The van der Waals surface area contributed by atoms with Gasteiger partial charge in [-0.25, -0.2) is 8.42 Å². The predicted octanol–water partition coefficient (Wildman–Crippen LogP) is 1.99. The number of ketones is 1. The van der Waals surface area contributed by atoms with E-state index >= 15 is 0 Å². The summed E-state index contributed by atoms with van der Waals surface area (Å²) < 4.78 is 23.1. The topological polar surface area (TPSA) is 51.2 Å². The fraction of sp³-hybridized carbons (Fsp3) is 0.417. The second-order valence-corrected chi connectivity index (χ2v) is 6.39. The lowest BCUT2D eigenvalue weighted by Gasteiger charge is -2.07. The van der Waals surface area contributed by atoms with Crippen molar-refractivity contribution in [3.8, 4) is 0 Å². The first-order chi connectivity index (χ1) is 7.39. The molecule has 4 heteroatoms. The zero-order valence-electron chi connectivity index (χ0n) is 9.36. The van der Waals surface area contributed by atoms with E-state index in [1.807, 2.05) is 6.92 Å². The van der Waals surface area contributed by atoms with Gasteiger partial charge in [0.15, 0.2) is 15.6 Å². The van der Waals surface area contributed by atoms with Crippen molar-refractivity contribution in [2.75, 3.05) is 6.26 Å². The summed E-state index contributed by atoms with van der Waals surface area (Å²) in [7, 11) is -3.32. The van der Waals surface area contributed by atoms with E-state index in [0.717, 1.165) is 24.7 Å². The molecule has 0 heterocycles. The summed E-state index contributed by atoms with van der Waals surface area (Å²) in [5, 5.41) is 0. The summed E-state index contributed by atoms with van der Waals surface area (Å²) in [4.78, 5) is 12.1. The number of hydrogen-bond acceptors (Lipinski definition) is 3. The van der Waals surface area contributed by atoms with E-state index in [4.69, 9.17) is 0 Å². The molecule has 0 radical (unpaired) electrons. The number of rotatable bonds is 3. The Kier molecular flexibility index (Phi) is 2.62. The molecule has 0 unspecified atom stereocenters. The van der Waals surface area contributed by atoms with Crippen molar-refractivity contribution in [1.82, 2.24) is 0 Å². The summed E-state index contributed by atoms with van der Waals surface area (Å²) in [6, 6.07) is 4.93. The van der Waals surface area contributed by atoms with Crippen LogP contribution in [0.15, 0.2) is 23.1 Å². The second kappa shape index (κ2) is 3.70. The van der Waals surface area contributed by atoms with Gasteiger partial charge in [0, 0.05) is 17.7 Å². The summed E-state index contributed by atoms with van der Waals surface area (Å²) in [6.45, 7) is 1.86. The lowest BCUT2D eigenvalue weighted by atomic mass is 10.0. The van der Waals surface area contributed by atoms with Crippen molar-refractivity contribution in [3.63, 3.8) is 0 Å². The van der Waals surface area contributed by atoms with E-state index in [2.05, 4.69) is 0 Å². The highest BCUT2D eigenvalue weighted by molar-refractivity contribution is 7.90. The summed E-state index contributed by atoms with van der Waals surface area (Å²) in [5.74, 6) is 0.0198. The maximum Gasteiger partial charge on any atom is 0.176 e. The van der Waals surface area contributed by atoms with Gasteiger partial charge >= 0.3 is 0 Å². The molecule has 1 aliphatic carbocycles. The molecule has 0 atom stereocenters. The highest BCUT2D eigenvalue weighted by Gasteiger charge is 2.33. The Hall–Kier alpha value is -1.16. The monoisotopic (exact) mass is 238 g/mol. The molecule has 0 aliphatic heterocycles. The predicted molar refractivity (Wildman–Crippen MR) is 61.3 cm³/mol. The molecule has 1 aliphatic rings. The van der Waals surface area contributed by atoms with Crippen LogP contribution in [0.1, 0.15) is 28.8 Å². The number of Topliss-reactive ketones (excluding diaryl/α,β-unsaturated/α-hetero) is 1. The van der Waals surface area contributed by atoms with Crippen LogP contribution in [0.3, 0.4) is 0 Å². The van der Waals surface area contributed by atoms with Crippen LogP contribution in [0.2, 0.25) is 0 Å². The van der Waals surface area contributed by atoms with Crippen molar-refractivity contribution in [1.29, 1.82) is 0 Å². The lowest BCUT2D eigenvalue weighted by molar-refractivity contribution is 0.0964. The average molecular weight is 238 g/mol. The Morgan fingerprint density at radius 1 is 1.31 bits per heavy atom. The Labute approximate surface area is 95.4 Å². The average Bonchev–Trinajstić information content (AvgIpc) is 2.97. The Morgan fingerprint density at radius 2 is 1.94 bits per heavy atom. The second-order valence-electron chi connectivity index (χ2n) is 4.41. The van der Waals surface area contributed by atoms with Gasteiger partial charge in [0.1, 0.15) is 0 Å². The third kappa shape index (κ3) is 2.16. The Morgan fingerprint density at radius 3 is 2.44 bits per heavy atom. The van der Waals surface area contributed by atoms with Gasteiger partial charge < -0.3 is 0 Å². The number of aryl methyl sites for hydroxylation is 1. The van der Waals surface area contributed by atoms with E-state index in [1.165, 1.54) is 6.07 Å². The molecule has 0 N–H and O–H groups in total. The molecule has 3 nitrogen and oxygen atoms in total. The molecule has 1 aromatic carbocycles. The zero-order valence-corrected chi connectivity index (χ0v) is 10.2.